The van der Waals surface area contributed by atoms with E-state index < -0.39 is 6.03 Å². The number of hydrogen-bond donors (Lipinski definition) is 2. The molecule has 0 aliphatic carbocycles. The Morgan fingerprint density at radius 3 is 2.20 bits per heavy atom. The van der Waals surface area contributed by atoms with Crippen LogP contribution in [0.2, 0.25) is 0 Å². The molecule has 0 spiro atoms. The minimum atomic E-state index is -0.583. The number of ether oxygens (including phenoxy) is 3. The first kappa shape index (κ1) is 21.0. The summed E-state index contributed by atoms with van der Waals surface area (Å²) in [6.45, 7) is 0.756. The third kappa shape index (κ3) is 6.13. The van der Waals surface area contributed by atoms with Gasteiger partial charge in [-0.1, -0.05) is 18.2 Å². The Morgan fingerprint density at radius 1 is 0.933 bits per heavy atom. The van der Waals surface area contributed by atoms with Crippen molar-refractivity contribution in [2.24, 2.45) is 5.73 Å². The molecule has 0 saturated heterocycles. The summed E-state index contributed by atoms with van der Waals surface area (Å²) in [6.07, 6.45) is 0.684. The monoisotopic (exact) mass is 410 g/mol. The molecule has 0 saturated carbocycles. The molecule has 0 fully saturated rings. The Bertz CT molecular complexity index is 975. The van der Waals surface area contributed by atoms with Gasteiger partial charge in [0.15, 0.2) is 11.5 Å². The minimum absolute atomic E-state index is 0.302. The average Bonchev–Trinajstić information content (AvgIpc) is 2.75. The van der Waals surface area contributed by atoms with E-state index in [0.29, 0.717) is 42.6 Å². The van der Waals surface area contributed by atoms with Crippen LogP contribution in [0.1, 0.15) is 11.1 Å². The van der Waals surface area contributed by atoms with Gasteiger partial charge in [0.2, 0.25) is 0 Å². The fourth-order valence-electron chi connectivity index (χ4n) is 2.77. The molecule has 7 heteroatoms. The van der Waals surface area contributed by atoms with Gasteiger partial charge >= 0.3 is 6.03 Å². The fourth-order valence-corrected chi connectivity index (χ4v) is 2.77. The summed E-state index contributed by atoms with van der Waals surface area (Å²) in [4.78, 5) is 10.9. The van der Waals surface area contributed by atoms with Crippen LogP contribution in [0.25, 0.3) is 0 Å². The maximum atomic E-state index is 13.0. The minimum Gasteiger partial charge on any atom is -0.493 e. The second-order valence-corrected chi connectivity index (χ2v) is 6.50. The van der Waals surface area contributed by atoms with Gasteiger partial charge in [-0.2, -0.15) is 0 Å². The Hall–Kier alpha value is -3.74. The van der Waals surface area contributed by atoms with Crippen LogP contribution in [0, 0.1) is 5.82 Å². The first-order chi connectivity index (χ1) is 14.5. The van der Waals surface area contributed by atoms with Crippen molar-refractivity contribution in [3.8, 4) is 23.0 Å². The van der Waals surface area contributed by atoms with Crippen molar-refractivity contribution in [3.63, 3.8) is 0 Å². The van der Waals surface area contributed by atoms with E-state index in [-0.39, 0.29) is 5.82 Å². The molecular weight excluding hydrogens is 387 g/mol. The van der Waals surface area contributed by atoms with Gasteiger partial charge in [0.25, 0.3) is 0 Å². The second-order valence-electron chi connectivity index (χ2n) is 6.50. The molecule has 156 valence electrons. The van der Waals surface area contributed by atoms with Crippen molar-refractivity contribution >= 4 is 6.03 Å². The predicted molar refractivity (Wildman–Crippen MR) is 112 cm³/mol. The number of urea groups is 1. The Kier molecular flexibility index (Phi) is 7.10. The molecule has 0 atom stereocenters. The van der Waals surface area contributed by atoms with E-state index in [2.05, 4.69) is 5.32 Å². The number of nitrogens with two attached hydrogens (primary N) is 1. The lowest BCUT2D eigenvalue weighted by Crippen LogP contribution is -2.28. The first-order valence-corrected chi connectivity index (χ1v) is 9.39. The number of nitrogens with one attached hydrogen (secondary N) is 1. The van der Waals surface area contributed by atoms with Crippen LogP contribution in [0.3, 0.4) is 0 Å². The summed E-state index contributed by atoms with van der Waals surface area (Å²) >= 11 is 0. The molecule has 6 nitrogen and oxygen atoms in total. The van der Waals surface area contributed by atoms with E-state index in [9.17, 15) is 9.18 Å². The van der Waals surface area contributed by atoms with Crippen molar-refractivity contribution in [3.05, 3.63) is 83.7 Å². The van der Waals surface area contributed by atoms with Crippen LogP contribution < -0.4 is 25.3 Å². The molecule has 2 amide bonds. The smallest absolute Gasteiger partial charge is 0.312 e. The molecule has 0 radical (unpaired) electrons. The maximum absolute atomic E-state index is 13.0. The highest BCUT2D eigenvalue weighted by atomic mass is 19.1. The highest BCUT2D eigenvalue weighted by Gasteiger charge is 2.07. The van der Waals surface area contributed by atoms with Crippen LogP contribution in [-0.4, -0.2) is 19.7 Å². The van der Waals surface area contributed by atoms with Gasteiger partial charge in [0, 0.05) is 13.0 Å². The molecule has 3 aromatic rings. The molecule has 0 aliphatic rings. The van der Waals surface area contributed by atoms with Gasteiger partial charge in [-0.15, -0.1) is 0 Å². The van der Waals surface area contributed by atoms with Crippen LogP contribution in [0.5, 0.6) is 23.0 Å². The average molecular weight is 410 g/mol. The highest BCUT2D eigenvalue weighted by molar-refractivity contribution is 5.71. The van der Waals surface area contributed by atoms with Crippen molar-refractivity contribution in [2.45, 2.75) is 13.0 Å². The Morgan fingerprint density at radius 2 is 1.57 bits per heavy atom. The molecule has 3 N–H and O–H groups in total. The van der Waals surface area contributed by atoms with Crippen LogP contribution >= 0.6 is 0 Å². The van der Waals surface area contributed by atoms with Gasteiger partial charge in [0.05, 0.1) is 13.7 Å². The van der Waals surface area contributed by atoms with Crippen molar-refractivity contribution in [1.29, 1.82) is 0 Å². The molecule has 0 bridgehead atoms. The van der Waals surface area contributed by atoms with E-state index in [1.165, 1.54) is 12.1 Å². The van der Waals surface area contributed by atoms with Gasteiger partial charge in [-0.05, 0) is 59.7 Å². The number of rotatable bonds is 9. The topological polar surface area (TPSA) is 82.8 Å². The van der Waals surface area contributed by atoms with Crippen LogP contribution in [0.4, 0.5) is 9.18 Å². The number of primary amides is 1. The van der Waals surface area contributed by atoms with E-state index in [4.69, 9.17) is 19.9 Å². The molecule has 0 aromatic heterocycles. The number of methoxy groups -OCH3 is 1. The quantitative estimate of drug-likeness (QED) is 0.547. The van der Waals surface area contributed by atoms with Gasteiger partial charge in [-0.25, -0.2) is 9.18 Å². The standard InChI is InChI=1S/C23H23FN2O4/c1-28-21-11-4-17(15-26-23(25)27)14-22(21)29-13-12-16-2-7-19(8-3-16)30-20-9-5-18(24)6-10-20/h2-11,14H,12-13,15H2,1H3,(H3,25,26,27). The van der Waals surface area contributed by atoms with Gasteiger partial charge in [-0.3, -0.25) is 0 Å². The van der Waals surface area contributed by atoms with Crippen LogP contribution in [-0.2, 0) is 13.0 Å². The summed E-state index contributed by atoms with van der Waals surface area (Å²) in [5, 5.41) is 2.55. The van der Waals surface area contributed by atoms with E-state index >= 15 is 0 Å². The fraction of sp³-hybridized carbons (Fsp3) is 0.174. The largest absolute Gasteiger partial charge is 0.493 e. The summed E-state index contributed by atoms with van der Waals surface area (Å²) < 4.78 is 29.9. The lowest BCUT2D eigenvalue weighted by molar-refractivity contribution is 0.248. The molecule has 3 aromatic carbocycles. The molecule has 30 heavy (non-hydrogen) atoms. The number of halogens is 1. The second kappa shape index (κ2) is 10.2. The van der Waals surface area contributed by atoms with Crippen LogP contribution in [0.15, 0.2) is 66.7 Å². The summed E-state index contributed by atoms with van der Waals surface area (Å²) in [5.41, 5.74) is 7.04. The van der Waals surface area contributed by atoms with E-state index in [1.807, 2.05) is 36.4 Å². The number of carbonyl (C=O) groups excluding carboxylic acids is 1. The van der Waals surface area contributed by atoms with Gasteiger partial charge in [0.1, 0.15) is 17.3 Å². The predicted octanol–water partition coefficient (Wildman–Crippen LogP) is 4.42. The molecule has 3 rings (SSSR count). The van der Waals surface area contributed by atoms with Gasteiger partial charge < -0.3 is 25.3 Å². The molecule has 0 heterocycles. The lowest BCUT2D eigenvalue weighted by atomic mass is 10.1. The third-order valence-corrected chi connectivity index (χ3v) is 4.32. The van der Waals surface area contributed by atoms with Crippen molar-refractivity contribution in [2.75, 3.05) is 13.7 Å². The number of benzene rings is 3. The molecule has 0 aliphatic heterocycles. The summed E-state index contributed by atoms with van der Waals surface area (Å²) in [6, 6.07) is 18.3. The highest BCUT2D eigenvalue weighted by Crippen LogP contribution is 2.28. The first-order valence-electron chi connectivity index (χ1n) is 9.39. The zero-order valence-electron chi connectivity index (χ0n) is 16.6. The Balaban J connectivity index is 1.54. The zero-order chi connectivity index (χ0) is 21.3. The number of hydrogen-bond acceptors (Lipinski definition) is 4. The number of carbonyl (C=O) groups is 1. The van der Waals surface area contributed by atoms with E-state index in [1.54, 1.807) is 25.3 Å². The lowest BCUT2D eigenvalue weighted by Gasteiger charge is -2.13. The normalized spacial score (nSPS) is 10.3. The summed E-state index contributed by atoms with van der Waals surface area (Å²) in [5.74, 6) is 2.15. The Labute approximate surface area is 174 Å². The maximum Gasteiger partial charge on any atom is 0.312 e. The van der Waals surface area contributed by atoms with Crippen molar-refractivity contribution in [1.82, 2.24) is 5.32 Å². The zero-order valence-corrected chi connectivity index (χ0v) is 16.6. The molecular formula is C23H23FN2O4. The third-order valence-electron chi connectivity index (χ3n) is 4.32. The van der Waals surface area contributed by atoms with E-state index in [0.717, 1.165) is 11.1 Å². The summed E-state index contributed by atoms with van der Waals surface area (Å²) in [7, 11) is 1.57. The number of amides is 2. The van der Waals surface area contributed by atoms with Crippen molar-refractivity contribution < 1.29 is 23.4 Å². The molecule has 0 unspecified atom stereocenters. The SMILES string of the molecule is COc1ccc(CNC(N)=O)cc1OCCc1ccc(Oc2ccc(F)cc2)cc1.